The lowest BCUT2D eigenvalue weighted by Crippen LogP contribution is -2.00. The van der Waals surface area contributed by atoms with Crippen LogP contribution in [-0.2, 0) is 6.54 Å². The maximum absolute atomic E-state index is 9.76. The lowest BCUT2D eigenvalue weighted by atomic mass is 10.2. The molecule has 4 nitrogen and oxygen atoms in total. The fraction of sp³-hybridized carbons (Fsp3) is 0.133. The molecule has 2 aromatic carbocycles. The molecule has 108 valence electrons. The van der Waals surface area contributed by atoms with Crippen LogP contribution in [0.2, 0.25) is 5.02 Å². The molecular formula is C15H12BrClN2O2. The summed E-state index contributed by atoms with van der Waals surface area (Å²) in [4.78, 5) is 0. The van der Waals surface area contributed by atoms with Crippen molar-refractivity contribution in [1.82, 2.24) is 0 Å². The van der Waals surface area contributed by atoms with Gasteiger partial charge in [-0.05, 0) is 51.8 Å². The van der Waals surface area contributed by atoms with Gasteiger partial charge in [0.15, 0.2) is 11.5 Å². The summed E-state index contributed by atoms with van der Waals surface area (Å²) in [6, 6.07) is 10.7. The summed E-state index contributed by atoms with van der Waals surface area (Å²) in [6.45, 7) is 0.525. The summed E-state index contributed by atoms with van der Waals surface area (Å²) in [5.74, 6) is 0.474. The largest absolute Gasteiger partial charge is 0.503 e. The number of phenols is 1. The third-order valence-electron chi connectivity index (χ3n) is 2.89. The summed E-state index contributed by atoms with van der Waals surface area (Å²) >= 11 is 9.26. The Labute approximate surface area is 136 Å². The molecular weight excluding hydrogens is 356 g/mol. The number of hydrogen-bond donors (Lipinski definition) is 2. The Hall–Kier alpha value is -1.90. The van der Waals surface area contributed by atoms with Gasteiger partial charge in [0.05, 0.1) is 22.2 Å². The fourth-order valence-corrected chi connectivity index (χ4v) is 2.52. The third kappa shape index (κ3) is 3.60. The fourth-order valence-electron chi connectivity index (χ4n) is 1.80. The van der Waals surface area contributed by atoms with Crippen LogP contribution in [0.5, 0.6) is 11.5 Å². The lowest BCUT2D eigenvalue weighted by Gasteiger charge is -2.11. The molecule has 0 aliphatic rings. The van der Waals surface area contributed by atoms with Gasteiger partial charge in [-0.1, -0.05) is 11.6 Å². The van der Waals surface area contributed by atoms with E-state index in [2.05, 4.69) is 21.2 Å². The van der Waals surface area contributed by atoms with Crippen molar-refractivity contribution < 1.29 is 9.84 Å². The van der Waals surface area contributed by atoms with Gasteiger partial charge >= 0.3 is 0 Å². The lowest BCUT2D eigenvalue weighted by molar-refractivity contribution is 0.371. The first kappa shape index (κ1) is 15.5. The molecule has 0 aromatic heterocycles. The number of nitriles is 1. The number of benzene rings is 2. The van der Waals surface area contributed by atoms with Crippen LogP contribution in [0.1, 0.15) is 11.1 Å². The molecule has 0 saturated heterocycles. The van der Waals surface area contributed by atoms with E-state index in [9.17, 15) is 5.11 Å². The highest BCUT2D eigenvalue weighted by molar-refractivity contribution is 9.10. The van der Waals surface area contributed by atoms with Crippen molar-refractivity contribution in [3.8, 4) is 17.6 Å². The van der Waals surface area contributed by atoms with E-state index in [1.54, 1.807) is 30.3 Å². The van der Waals surface area contributed by atoms with Gasteiger partial charge in [0.25, 0.3) is 0 Å². The highest BCUT2D eigenvalue weighted by Gasteiger charge is 2.08. The molecule has 2 N–H and O–H groups in total. The molecule has 0 aliphatic heterocycles. The second-order valence-electron chi connectivity index (χ2n) is 4.29. The molecule has 0 saturated carbocycles. The van der Waals surface area contributed by atoms with Gasteiger partial charge < -0.3 is 15.2 Å². The van der Waals surface area contributed by atoms with Crippen molar-refractivity contribution in [2.24, 2.45) is 0 Å². The second kappa shape index (κ2) is 6.70. The molecule has 0 bridgehead atoms. The van der Waals surface area contributed by atoms with Crippen LogP contribution in [0, 0.1) is 11.3 Å². The van der Waals surface area contributed by atoms with E-state index in [1.165, 1.54) is 7.11 Å². The Morgan fingerprint density at radius 2 is 2.14 bits per heavy atom. The number of ether oxygens (including phenoxy) is 1. The normalized spacial score (nSPS) is 10.0. The Kier molecular flexibility index (Phi) is 4.94. The highest BCUT2D eigenvalue weighted by Crippen LogP contribution is 2.35. The highest BCUT2D eigenvalue weighted by atomic mass is 79.9. The van der Waals surface area contributed by atoms with Gasteiger partial charge in [-0.3, -0.25) is 0 Å². The molecule has 2 rings (SSSR count). The van der Waals surface area contributed by atoms with Crippen molar-refractivity contribution in [2.75, 3.05) is 12.4 Å². The van der Waals surface area contributed by atoms with Crippen LogP contribution in [-0.4, -0.2) is 12.2 Å². The van der Waals surface area contributed by atoms with Gasteiger partial charge in [0.1, 0.15) is 6.07 Å². The zero-order chi connectivity index (χ0) is 15.4. The summed E-state index contributed by atoms with van der Waals surface area (Å²) in [7, 11) is 1.50. The van der Waals surface area contributed by atoms with Crippen LogP contribution in [0.15, 0.2) is 34.8 Å². The molecule has 21 heavy (non-hydrogen) atoms. The number of rotatable bonds is 4. The van der Waals surface area contributed by atoms with Crippen molar-refractivity contribution >= 4 is 33.2 Å². The number of hydrogen-bond acceptors (Lipinski definition) is 4. The van der Waals surface area contributed by atoms with Crippen LogP contribution in [0.4, 0.5) is 5.69 Å². The predicted molar refractivity (Wildman–Crippen MR) is 85.9 cm³/mol. The third-order valence-corrected chi connectivity index (χ3v) is 3.81. The van der Waals surface area contributed by atoms with Gasteiger partial charge in [0, 0.05) is 12.2 Å². The molecule has 2 aromatic rings. The average Bonchev–Trinajstić information content (AvgIpc) is 2.48. The monoisotopic (exact) mass is 366 g/mol. The van der Waals surface area contributed by atoms with Gasteiger partial charge in [0.2, 0.25) is 0 Å². The summed E-state index contributed by atoms with van der Waals surface area (Å²) in [5, 5.41) is 22.2. The minimum Gasteiger partial charge on any atom is -0.503 e. The smallest absolute Gasteiger partial charge is 0.172 e. The minimum absolute atomic E-state index is 0.0719. The average molecular weight is 368 g/mol. The first-order valence-corrected chi connectivity index (χ1v) is 7.21. The van der Waals surface area contributed by atoms with Crippen molar-refractivity contribution in [1.29, 1.82) is 5.26 Å². The second-order valence-corrected chi connectivity index (χ2v) is 5.55. The summed E-state index contributed by atoms with van der Waals surface area (Å²) < 4.78 is 5.67. The predicted octanol–water partition coefficient (Wildman–Crippen LogP) is 4.30. The first-order valence-electron chi connectivity index (χ1n) is 6.04. The number of methoxy groups -OCH3 is 1. The molecule has 0 radical (unpaired) electrons. The van der Waals surface area contributed by atoms with Crippen LogP contribution < -0.4 is 10.1 Å². The van der Waals surface area contributed by atoms with E-state index in [0.717, 1.165) is 11.3 Å². The van der Waals surface area contributed by atoms with Crippen LogP contribution >= 0.6 is 27.5 Å². The topological polar surface area (TPSA) is 65.3 Å². The molecule has 0 unspecified atom stereocenters. The number of nitrogens with zero attached hydrogens (tertiary/aromatic N) is 1. The van der Waals surface area contributed by atoms with Crippen molar-refractivity contribution in [3.63, 3.8) is 0 Å². The van der Waals surface area contributed by atoms with E-state index in [0.29, 0.717) is 27.4 Å². The van der Waals surface area contributed by atoms with Crippen molar-refractivity contribution in [3.05, 3.63) is 51.0 Å². The quantitative estimate of drug-likeness (QED) is 0.845. The van der Waals surface area contributed by atoms with Gasteiger partial charge in [-0.25, -0.2) is 0 Å². The SMILES string of the molecule is COc1cc(CNc2ccc(C#N)c(Cl)c2)cc(Br)c1O. The standard InChI is InChI=1S/C15H12BrClN2O2/c1-21-14-5-9(4-12(16)15(14)20)8-19-11-3-2-10(7-18)13(17)6-11/h2-6,19-20H,8H2,1H3. The first-order chi connectivity index (χ1) is 10.0. The maximum atomic E-state index is 9.76. The molecule has 0 fully saturated rings. The minimum atomic E-state index is 0.0719. The number of halogens is 2. The summed E-state index contributed by atoms with van der Waals surface area (Å²) in [5.41, 5.74) is 2.18. The number of aromatic hydroxyl groups is 1. The van der Waals surface area contributed by atoms with Gasteiger partial charge in [-0.2, -0.15) is 5.26 Å². The van der Waals surface area contributed by atoms with Gasteiger partial charge in [-0.15, -0.1) is 0 Å². The molecule has 0 amide bonds. The molecule has 0 aliphatic carbocycles. The number of anilines is 1. The molecule has 0 heterocycles. The zero-order valence-electron chi connectivity index (χ0n) is 11.2. The summed E-state index contributed by atoms with van der Waals surface area (Å²) in [6.07, 6.45) is 0. The van der Waals surface area contributed by atoms with E-state index in [-0.39, 0.29) is 5.75 Å². The van der Waals surface area contributed by atoms with Crippen LogP contribution in [0.3, 0.4) is 0 Å². The van der Waals surface area contributed by atoms with Crippen LogP contribution in [0.25, 0.3) is 0 Å². The Morgan fingerprint density at radius 3 is 2.76 bits per heavy atom. The van der Waals surface area contributed by atoms with E-state index < -0.39 is 0 Å². The van der Waals surface area contributed by atoms with E-state index >= 15 is 0 Å². The van der Waals surface area contributed by atoms with E-state index in [1.807, 2.05) is 6.07 Å². The number of phenolic OH excluding ortho intramolecular Hbond substituents is 1. The molecule has 0 spiro atoms. The Bertz CT molecular complexity index is 714. The molecule has 6 heteroatoms. The Balaban J connectivity index is 2.15. The van der Waals surface area contributed by atoms with Crippen molar-refractivity contribution in [2.45, 2.75) is 6.54 Å². The Morgan fingerprint density at radius 1 is 1.38 bits per heavy atom. The van der Waals surface area contributed by atoms with E-state index in [4.69, 9.17) is 21.6 Å². The number of nitrogens with one attached hydrogen (secondary N) is 1. The maximum Gasteiger partial charge on any atom is 0.172 e. The molecule has 0 atom stereocenters. The zero-order valence-corrected chi connectivity index (χ0v) is 13.5.